The molecule has 2 aliphatic carbocycles. The Kier molecular flexibility index (Phi) is 3.94. The fourth-order valence-corrected chi connectivity index (χ4v) is 3.12. The van der Waals surface area contributed by atoms with Gasteiger partial charge < -0.3 is 15.2 Å². The summed E-state index contributed by atoms with van der Waals surface area (Å²) in [5.41, 5.74) is -0.211. The number of hydrogen-bond acceptors (Lipinski definition) is 3. The summed E-state index contributed by atoms with van der Waals surface area (Å²) in [6.07, 6.45) is 6.22. The molecule has 2 fully saturated rings. The summed E-state index contributed by atoms with van der Waals surface area (Å²) in [6.45, 7) is 0.145. The van der Waals surface area contributed by atoms with Crippen LogP contribution in [0.4, 0.5) is 4.39 Å². The lowest BCUT2D eigenvalue weighted by Gasteiger charge is -2.40. The second-order valence-corrected chi connectivity index (χ2v) is 6.15. The van der Waals surface area contributed by atoms with Gasteiger partial charge in [0.25, 0.3) is 0 Å². The van der Waals surface area contributed by atoms with Crippen LogP contribution >= 0.6 is 0 Å². The number of hydrogen-bond donors (Lipinski definition) is 2. The van der Waals surface area contributed by atoms with Crippen molar-refractivity contribution in [2.24, 2.45) is 0 Å². The minimum Gasteiger partial charge on any atom is -0.490 e. The zero-order chi connectivity index (χ0) is 14.0. The molecule has 2 N–H and O–H groups in total. The Morgan fingerprint density at radius 1 is 1.35 bits per heavy atom. The van der Waals surface area contributed by atoms with Gasteiger partial charge in [-0.25, -0.2) is 4.39 Å². The Labute approximate surface area is 119 Å². The van der Waals surface area contributed by atoms with E-state index in [1.54, 1.807) is 12.1 Å². The van der Waals surface area contributed by atoms with E-state index in [1.165, 1.54) is 25.0 Å². The molecule has 3 nitrogen and oxygen atoms in total. The molecule has 0 aliphatic heterocycles. The van der Waals surface area contributed by atoms with Crippen molar-refractivity contribution in [2.75, 3.05) is 6.61 Å². The van der Waals surface area contributed by atoms with E-state index in [9.17, 15) is 9.50 Å². The number of benzene rings is 1. The monoisotopic (exact) mass is 279 g/mol. The summed E-state index contributed by atoms with van der Waals surface area (Å²) < 4.78 is 19.1. The van der Waals surface area contributed by atoms with E-state index in [4.69, 9.17) is 4.74 Å². The fraction of sp³-hybridized carbons (Fsp3) is 0.625. The molecule has 0 aromatic heterocycles. The third-order valence-corrected chi connectivity index (χ3v) is 4.29. The van der Waals surface area contributed by atoms with Gasteiger partial charge in [-0.1, -0.05) is 6.07 Å². The van der Waals surface area contributed by atoms with Gasteiger partial charge >= 0.3 is 0 Å². The lowest BCUT2D eigenvalue weighted by Crippen LogP contribution is -2.54. The van der Waals surface area contributed by atoms with Gasteiger partial charge in [0.15, 0.2) is 0 Å². The van der Waals surface area contributed by atoms with Gasteiger partial charge in [0.05, 0.1) is 6.61 Å². The Balaban J connectivity index is 1.64. The van der Waals surface area contributed by atoms with E-state index in [2.05, 4.69) is 5.32 Å². The van der Waals surface area contributed by atoms with E-state index in [0.717, 1.165) is 25.7 Å². The molecule has 2 saturated carbocycles. The molecule has 3 rings (SSSR count). The van der Waals surface area contributed by atoms with E-state index in [0.29, 0.717) is 11.8 Å². The highest BCUT2D eigenvalue weighted by atomic mass is 19.1. The lowest BCUT2D eigenvalue weighted by atomic mass is 9.80. The predicted octanol–water partition coefficient (Wildman–Crippen LogP) is 2.63. The zero-order valence-corrected chi connectivity index (χ0v) is 11.6. The zero-order valence-electron chi connectivity index (χ0n) is 11.6. The topological polar surface area (TPSA) is 41.5 Å². The number of halogens is 1. The highest BCUT2D eigenvalue weighted by Crippen LogP contribution is 2.34. The summed E-state index contributed by atoms with van der Waals surface area (Å²) in [6, 6.07) is 6.85. The van der Waals surface area contributed by atoms with Crippen molar-refractivity contribution < 1.29 is 14.2 Å². The molecule has 4 heteroatoms. The molecule has 2 unspecified atom stereocenters. The van der Waals surface area contributed by atoms with Gasteiger partial charge in [-0.2, -0.15) is 0 Å². The quantitative estimate of drug-likeness (QED) is 0.870. The van der Waals surface area contributed by atoms with Crippen LogP contribution in [-0.4, -0.2) is 29.4 Å². The molecule has 0 radical (unpaired) electrons. The van der Waals surface area contributed by atoms with Crippen LogP contribution in [0.15, 0.2) is 24.3 Å². The van der Waals surface area contributed by atoms with Gasteiger partial charge in [0, 0.05) is 24.1 Å². The molecule has 2 atom stereocenters. The Hall–Kier alpha value is -1.13. The van der Waals surface area contributed by atoms with Gasteiger partial charge in [0.1, 0.15) is 17.7 Å². The van der Waals surface area contributed by atoms with Crippen LogP contribution < -0.4 is 10.1 Å². The molecule has 0 saturated heterocycles. The van der Waals surface area contributed by atoms with Crippen molar-refractivity contribution in [3.63, 3.8) is 0 Å². The highest BCUT2D eigenvalue weighted by Gasteiger charge is 2.40. The van der Waals surface area contributed by atoms with Gasteiger partial charge in [0.2, 0.25) is 0 Å². The first-order valence-electron chi connectivity index (χ1n) is 7.50. The number of ether oxygens (including phenoxy) is 1. The molecule has 1 aromatic rings. The first kappa shape index (κ1) is 13.8. The molecular weight excluding hydrogens is 257 g/mol. The Bertz CT molecular complexity index is 464. The Morgan fingerprint density at radius 3 is 2.90 bits per heavy atom. The molecular formula is C16H22FNO2. The SMILES string of the molecule is OCC1(NC2CC2)CCCC(Oc2cccc(F)c2)C1. The van der Waals surface area contributed by atoms with E-state index < -0.39 is 0 Å². The third-order valence-electron chi connectivity index (χ3n) is 4.29. The maximum Gasteiger partial charge on any atom is 0.126 e. The van der Waals surface area contributed by atoms with Crippen molar-refractivity contribution >= 4 is 0 Å². The number of nitrogens with one attached hydrogen (secondary N) is 1. The maximum atomic E-state index is 13.2. The minimum absolute atomic E-state index is 0.0453. The molecule has 20 heavy (non-hydrogen) atoms. The second-order valence-electron chi connectivity index (χ2n) is 6.15. The van der Waals surface area contributed by atoms with Crippen molar-refractivity contribution in [3.8, 4) is 5.75 Å². The molecule has 0 spiro atoms. The average Bonchev–Trinajstić information content (AvgIpc) is 3.23. The fourth-order valence-electron chi connectivity index (χ4n) is 3.12. The van der Waals surface area contributed by atoms with Crippen LogP contribution in [0, 0.1) is 5.82 Å². The van der Waals surface area contributed by atoms with Gasteiger partial charge in [-0.15, -0.1) is 0 Å². The van der Waals surface area contributed by atoms with E-state index >= 15 is 0 Å². The van der Waals surface area contributed by atoms with Crippen LogP contribution in [0.3, 0.4) is 0 Å². The molecule has 110 valence electrons. The van der Waals surface area contributed by atoms with Crippen LogP contribution in [-0.2, 0) is 0 Å². The molecule has 0 heterocycles. The summed E-state index contributed by atoms with van der Waals surface area (Å²) >= 11 is 0. The number of rotatable bonds is 5. The van der Waals surface area contributed by atoms with Crippen LogP contribution in [0.5, 0.6) is 5.75 Å². The van der Waals surface area contributed by atoms with Gasteiger partial charge in [-0.05, 0) is 44.2 Å². The summed E-state index contributed by atoms with van der Waals surface area (Å²) in [5, 5.41) is 13.3. The maximum absolute atomic E-state index is 13.2. The van der Waals surface area contributed by atoms with Crippen molar-refractivity contribution in [3.05, 3.63) is 30.1 Å². The van der Waals surface area contributed by atoms with Crippen molar-refractivity contribution in [1.82, 2.24) is 5.32 Å². The smallest absolute Gasteiger partial charge is 0.126 e. The third kappa shape index (κ3) is 3.30. The average molecular weight is 279 g/mol. The summed E-state index contributed by atoms with van der Waals surface area (Å²) in [7, 11) is 0. The molecule has 0 bridgehead atoms. The number of aliphatic hydroxyl groups excluding tert-OH is 1. The van der Waals surface area contributed by atoms with Gasteiger partial charge in [-0.3, -0.25) is 0 Å². The lowest BCUT2D eigenvalue weighted by molar-refractivity contribution is 0.0496. The van der Waals surface area contributed by atoms with Crippen LogP contribution in [0.2, 0.25) is 0 Å². The number of aliphatic hydroxyl groups is 1. The van der Waals surface area contributed by atoms with Crippen LogP contribution in [0.1, 0.15) is 38.5 Å². The standard InChI is InChI=1S/C16H22FNO2/c17-12-3-1-4-14(9-12)20-15-5-2-8-16(10-15,11-19)18-13-6-7-13/h1,3-4,9,13,15,18-19H,2,5-8,10-11H2. The highest BCUT2D eigenvalue weighted by molar-refractivity contribution is 5.23. The minimum atomic E-state index is -0.275. The van der Waals surface area contributed by atoms with Crippen LogP contribution in [0.25, 0.3) is 0 Å². The predicted molar refractivity (Wildman–Crippen MR) is 75.3 cm³/mol. The summed E-state index contributed by atoms with van der Waals surface area (Å²) in [4.78, 5) is 0. The molecule has 2 aliphatic rings. The molecule has 1 aromatic carbocycles. The summed E-state index contributed by atoms with van der Waals surface area (Å²) in [5.74, 6) is 0.304. The first-order valence-corrected chi connectivity index (χ1v) is 7.50. The molecule has 0 amide bonds. The largest absolute Gasteiger partial charge is 0.490 e. The van der Waals surface area contributed by atoms with Crippen molar-refractivity contribution in [2.45, 2.75) is 56.2 Å². The first-order chi connectivity index (χ1) is 9.69. The normalized spacial score (nSPS) is 30.2. The van der Waals surface area contributed by atoms with Crippen molar-refractivity contribution in [1.29, 1.82) is 0 Å². The van der Waals surface area contributed by atoms with E-state index in [-0.39, 0.29) is 24.1 Å². The van der Waals surface area contributed by atoms with E-state index in [1.807, 2.05) is 0 Å². The Morgan fingerprint density at radius 2 is 2.20 bits per heavy atom. The second kappa shape index (κ2) is 5.70.